The highest BCUT2D eigenvalue weighted by atomic mass is 19.4. The van der Waals surface area contributed by atoms with E-state index in [1.165, 1.54) is 0 Å². The number of nitrogens with two attached hydrogens (primary N) is 1. The number of carboxylic acids is 1. The molecular formula is C16H18F3N3O4. The summed E-state index contributed by atoms with van der Waals surface area (Å²) < 4.78 is 36.8. The Morgan fingerprint density at radius 3 is 1.96 bits per heavy atom. The number of amides is 1. The Balaban J connectivity index is 0.000000412. The van der Waals surface area contributed by atoms with Gasteiger partial charge in [-0.1, -0.05) is 17.7 Å². The standard InChI is InChI=1S/C14H17N3O2.C2HF3O2/c1-7-5-8(2)11(9(3)6-7)17-13(18)12-10(4)16-14(15)19-12;3-2(4,5)1(6)7/h5-6H,1-4H3,(H2,15,16)(H,17,18);(H,6,7). The molecule has 0 saturated carbocycles. The van der Waals surface area contributed by atoms with Gasteiger partial charge >= 0.3 is 12.1 Å². The zero-order valence-electron chi connectivity index (χ0n) is 14.5. The molecule has 0 atom stereocenters. The van der Waals surface area contributed by atoms with Gasteiger partial charge in [-0.2, -0.15) is 18.2 Å². The second-order valence-corrected chi connectivity index (χ2v) is 5.50. The van der Waals surface area contributed by atoms with E-state index in [9.17, 15) is 18.0 Å². The summed E-state index contributed by atoms with van der Waals surface area (Å²) in [6.07, 6.45) is -5.08. The summed E-state index contributed by atoms with van der Waals surface area (Å²) in [7, 11) is 0. The number of aromatic nitrogens is 1. The number of rotatable bonds is 2. The molecule has 0 aliphatic carbocycles. The maximum Gasteiger partial charge on any atom is 0.490 e. The molecule has 0 unspecified atom stereocenters. The second-order valence-electron chi connectivity index (χ2n) is 5.50. The summed E-state index contributed by atoms with van der Waals surface area (Å²) in [5.41, 5.74) is 9.89. The van der Waals surface area contributed by atoms with Gasteiger partial charge in [-0.05, 0) is 38.8 Å². The first-order chi connectivity index (χ1) is 11.8. The molecule has 26 heavy (non-hydrogen) atoms. The van der Waals surface area contributed by atoms with Gasteiger partial charge in [-0.15, -0.1) is 0 Å². The number of hydrogen-bond acceptors (Lipinski definition) is 5. The summed E-state index contributed by atoms with van der Waals surface area (Å²) >= 11 is 0. The highest BCUT2D eigenvalue weighted by Crippen LogP contribution is 2.23. The number of hydrogen-bond donors (Lipinski definition) is 3. The van der Waals surface area contributed by atoms with Crippen LogP contribution < -0.4 is 11.1 Å². The number of carbonyl (C=O) groups excluding carboxylic acids is 1. The molecule has 2 rings (SSSR count). The van der Waals surface area contributed by atoms with Gasteiger partial charge in [-0.25, -0.2) is 4.79 Å². The van der Waals surface area contributed by atoms with Gasteiger partial charge in [0.15, 0.2) is 0 Å². The van der Waals surface area contributed by atoms with E-state index in [2.05, 4.69) is 10.3 Å². The van der Waals surface area contributed by atoms with Crippen LogP contribution in [0.15, 0.2) is 16.5 Å². The average molecular weight is 373 g/mol. The summed E-state index contributed by atoms with van der Waals surface area (Å²) in [5, 5.41) is 9.97. The van der Waals surface area contributed by atoms with Crippen LogP contribution in [0.25, 0.3) is 0 Å². The number of nitrogens with zero attached hydrogens (tertiary/aromatic N) is 1. The quantitative estimate of drug-likeness (QED) is 0.743. The number of alkyl halides is 3. The van der Waals surface area contributed by atoms with Crippen molar-refractivity contribution >= 4 is 23.6 Å². The molecule has 0 saturated heterocycles. The van der Waals surface area contributed by atoms with E-state index < -0.39 is 12.1 Å². The number of carbonyl (C=O) groups is 2. The number of halogens is 3. The Morgan fingerprint density at radius 2 is 1.62 bits per heavy atom. The van der Waals surface area contributed by atoms with Crippen LogP contribution in [-0.2, 0) is 4.79 Å². The van der Waals surface area contributed by atoms with Crippen molar-refractivity contribution in [2.24, 2.45) is 0 Å². The van der Waals surface area contributed by atoms with Crippen molar-refractivity contribution in [1.29, 1.82) is 0 Å². The van der Waals surface area contributed by atoms with E-state index in [-0.39, 0.29) is 17.7 Å². The molecule has 7 nitrogen and oxygen atoms in total. The van der Waals surface area contributed by atoms with Crippen molar-refractivity contribution in [3.05, 3.63) is 40.3 Å². The molecule has 1 aromatic carbocycles. The van der Waals surface area contributed by atoms with Gasteiger partial charge in [0.2, 0.25) is 5.76 Å². The SMILES string of the molecule is Cc1cc(C)c(NC(=O)c2oc(N)nc2C)c(C)c1.O=C(O)C(F)(F)F. The van der Waals surface area contributed by atoms with Gasteiger partial charge < -0.3 is 20.6 Å². The van der Waals surface area contributed by atoms with Crippen molar-refractivity contribution < 1.29 is 32.3 Å². The van der Waals surface area contributed by atoms with E-state index in [1.807, 2.05) is 32.9 Å². The van der Waals surface area contributed by atoms with E-state index in [4.69, 9.17) is 20.1 Å². The van der Waals surface area contributed by atoms with E-state index in [1.54, 1.807) is 6.92 Å². The topological polar surface area (TPSA) is 118 Å². The molecule has 1 heterocycles. The molecule has 0 fully saturated rings. The molecule has 4 N–H and O–H groups in total. The zero-order chi connectivity index (χ0) is 20.2. The molecule has 2 aromatic rings. The molecule has 1 aromatic heterocycles. The van der Waals surface area contributed by atoms with E-state index in [0.29, 0.717) is 5.69 Å². The summed E-state index contributed by atoms with van der Waals surface area (Å²) in [4.78, 5) is 24.9. The fraction of sp³-hybridized carbons (Fsp3) is 0.312. The van der Waals surface area contributed by atoms with Crippen LogP contribution >= 0.6 is 0 Å². The van der Waals surface area contributed by atoms with E-state index in [0.717, 1.165) is 22.4 Å². The Hall–Kier alpha value is -3.04. The summed E-state index contributed by atoms with van der Waals surface area (Å²) in [6.45, 7) is 7.62. The molecule has 0 aliphatic heterocycles. The Labute approximate surface area is 147 Å². The number of nitrogen functional groups attached to an aromatic ring is 1. The zero-order valence-corrected chi connectivity index (χ0v) is 14.5. The highest BCUT2D eigenvalue weighted by molar-refractivity contribution is 6.04. The lowest BCUT2D eigenvalue weighted by Crippen LogP contribution is -2.21. The lowest BCUT2D eigenvalue weighted by molar-refractivity contribution is -0.192. The van der Waals surface area contributed by atoms with Crippen LogP contribution in [0, 0.1) is 27.7 Å². The molecule has 1 amide bonds. The Morgan fingerprint density at radius 1 is 1.15 bits per heavy atom. The smallest absolute Gasteiger partial charge is 0.475 e. The maximum absolute atomic E-state index is 12.1. The Kier molecular flexibility index (Phi) is 6.38. The third-order valence-electron chi connectivity index (χ3n) is 3.18. The van der Waals surface area contributed by atoms with Gasteiger partial charge in [0.1, 0.15) is 0 Å². The number of benzene rings is 1. The first kappa shape index (κ1) is 21.0. The second kappa shape index (κ2) is 7.89. The monoisotopic (exact) mass is 373 g/mol. The third kappa shape index (κ3) is 5.50. The molecule has 142 valence electrons. The first-order valence-electron chi connectivity index (χ1n) is 7.25. The van der Waals surface area contributed by atoms with Crippen molar-refractivity contribution in [3.8, 4) is 0 Å². The number of oxazole rings is 1. The Bertz CT molecular complexity index is 806. The lowest BCUT2D eigenvalue weighted by Gasteiger charge is -2.11. The van der Waals surface area contributed by atoms with Gasteiger partial charge in [0.05, 0.1) is 5.69 Å². The number of aryl methyl sites for hydroxylation is 4. The van der Waals surface area contributed by atoms with Crippen LogP contribution in [0.4, 0.5) is 24.9 Å². The number of nitrogens with one attached hydrogen (secondary N) is 1. The van der Waals surface area contributed by atoms with Gasteiger partial charge in [-0.3, -0.25) is 4.79 Å². The number of anilines is 2. The van der Waals surface area contributed by atoms with Crippen LogP contribution in [0.5, 0.6) is 0 Å². The third-order valence-corrected chi connectivity index (χ3v) is 3.18. The minimum absolute atomic E-state index is 0.000000000000000444. The molecule has 0 radical (unpaired) electrons. The first-order valence-corrected chi connectivity index (χ1v) is 7.25. The van der Waals surface area contributed by atoms with Crippen LogP contribution in [0.2, 0.25) is 0 Å². The predicted octanol–water partition coefficient (Wildman–Crippen LogP) is 3.38. The molecule has 0 aliphatic rings. The normalized spacial score (nSPS) is 10.7. The largest absolute Gasteiger partial charge is 0.490 e. The number of aliphatic carboxylic acids is 1. The maximum atomic E-state index is 12.1. The van der Waals surface area contributed by atoms with Crippen LogP contribution in [-0.4, -0.2) is 28.1 Å². The fourth-order valence-corrected chi connectivity index (χ4v) is 2.18. The minimum Gasteiger partial charge on any atom is -0.475 e. The summed E-state index contributed by atoms with van der Waals surface area (Å²) in [6, 6.07) is 4.04. The van der Waals surface area contributed by atoms with Crippen molar-refractivity contribution in [3.63, 3.8) is 0 Å². The lowest BCUT2D eigenvalue weighted by atomic mass is 10.1. The van der Waals surface area contributed by atoms with Crippen LogP contribution in [0.1, 0.15) is 32.9 Å². The molecular weight excluding hydrogens is 355 g/mol. The summed E-state index contributed by atoms with van der Waals surface area (Å²) in [5.74, 6) is -2.94. The van der Waals surface area contributed by atoms with Gasteiger partial charge in [0, 0.05) is 5.69 Å². The predicted molar refractivity (Wildman–Crippen MR) is 87.9 cm³/mol. The number of carboxylic acid groups (broad SMARTS) is 1. The van der Waals surface area contributed by atoms with Crippen molar-refractivity contribution in [2.45, 2.75) is 33.9 Å². The molecule has 0 bridgehead atoms. The average Bonchev–Trinajstić information content (AvgIpc) is 2.81. The van der Waals surface area contributed by atoms with E-state index >= 15 is 0 Å². The van der Waals surface area contributed by atoms with Gasteiger partial charge in [0.25, 0.3) is 11.9 Å². The van der Waals surface area contributed by atoms with Crippen molar-refractivity contribution in [1.82, 2.24) is 4.98 Å². The highest BCUT2D eigenvalue weighted by Gasteiger charge is 2.38. The van der Waals surface area contributed by atoms with Crippen molar-refractivity contribution in [2.75, 3.05) is 11.1 Å². The molecule has 0 spiro atoms. The minimum atomic E-state index is -5.08. The van der Waals surface area contributed by atoms with Crippen LogP contribution in [0.3, 0.4) is 0 Å². The molecule has 10 heteroatoms. The fourth-order valence-electron chi connectivity index (χ4n) is 2.18.